The molecule has 1 aliphatic heterocycles. The summed E-state index contributed by atoms with van der Waals surface area (Å²) < 4.78 is 30.6. The highest BCUT2D eigenvalue weighted by Gasteiger charge is 2.32. The van der Waals surface area contributed by atoms with Crippen LogP contribution in [0.15, 0.2) is 52.9 Å². The summed E-state index contributed by atoms with van der Waals surface area (Å²) in [5, 5.41) is 5.87. The summed E-state index contributed by atoms with van der Waals surface area (Å²) in [7, 11) is 1.33. The van der Waals surface area contributed by atoms with Crippen LogP contribution in [0.2, 0.25) is 0 Å². The van der Waals surface area contributed by atoms with E-state index in [-0.39, 0.29) is 19.0 Å². The van der Waals surface area contributed by atoms with Crippen LogP contribution >= 0.6 is 0 Å². The van der Waals surface area contributed by atoms with Crippen molar-refractivity contribution in [3.8, 4) is 11.1 Å². The zero-order valence-electron chi connectivity index (χ0n) is 20.8. The van der Waals surface area contributed by atoms with E-state index in [1.165, 1.54) is 25.0 Å². The van der Waals surface area contributed by atoms with E-state index in [2.05, 4.69) is 10.6 Å². The lowest BCUT2D eigenvalue weighted by Crippen LogP contribution is -2.33. The van der Waals surface area contributed by atoms with Crippen LogP contribution in [0.25, 0.3) is 11.1 Å². The standard InChI is InChI=1S/C27H28FN3O6/c1-16-24(26(33)35-3)11-21(36-16)13-29-12-18-4-6-19(7-5-18)23-9-8-20(10-25(23)28)31-15-22(37-27(31)34)14-30-17(2)32/h4-11,22,29H,12-15H2,1-3H3,(H,30,32). The molecule has 4 rings (SSSR count). The number of methoxy groups -OCH3 is 1. The van der Waals surface area contributed by atoms with Gasteiger partial charge in [-0.15, -0.1) is 0 Å². The lowest BCUT2D eigenvalue weighted by Gasteiger charge is -2.15. The molecule has 1 unspecified atom stereocenters. The number of halogens is 1. The first-order chi connectivity index (χ1) is 17.7. The molecule has 2 N–H and O–H groups in total. The van der Waals surface area contributed by atoms with Crippen LogP contribution < -0.4 is 15.5 Å². The van der Waals surface area contributed by atoms with Crippen molar-refractivity contribution >= 4 is 23.7 Å². The molecular formula is C27H28FN3O6. The predicted molar refractivity (Wildman–Crippen MR) is 133 cm³/mol. The molecule has 0 aliphatic carbocycles. The van der Waals surface area contributed by atoms with Crippen LogP contribution in [0.1, 0.15) is 34.4 Å². The van der Waals surface area contributed by atoms with E-state index in [9.17, 15) is 18.8 Å². The third-order valence-corrected chi connectivity index (χ3v) is 5.98. The number of anilines is 1. The fraction of sp³-hybridized carbons (Fsp3) is 0.296. The smallest absolute Gasteiger partial charge is 0.414 e. The van der Waals surface area contributed by atoms with Gasteiger partial charge in [0.15, 0.2) is 0 Å². The second-order valence-corrected chi connectivity index (χ2v) is 8.69. The molecule has 0 bridgehead atoms. The number of aryl methyl sites for hydroxylation is 1. The van der Waals surface area contributed by atoms with Gasteiger partial charge < -0.3 is 24.5 Å². The molecule has 0 spiro atoms. The van der Waals surface area contributed by atoms with Gasteiger partial charge in [-0.3, -0.25) is 9.69 Å². The molecule has 2 amide bonds. The maximum atomic E-state index is 15.0. The minimum Gasteiger partial charge on any atom is -0.465 e. The van der Waals surface area contributed by atoms with Crippen molar-refractivity contribution in [1.29, 1.82) is 0 Å². The second-order valence-electron chi connectivity index (χ2n) is 8.69. The molecule has 1 aliphatic rings. The van der Waals surface area contributed by atoms with E-state index in [0.29, 0.717) is 47.0 Å². The number of amides is 2. The van der Waals surface area contributed by atoms with Crippen molar-refractivity contribution in [2.24, 2.45) is 0 Å². The Balaban J connectivity index is 1.35. The van der Waals surface area contributed by atoms with Crippen molar-refractivity contribution < 1.29 is 32.7 Å². The number of nitrogens with zero attached hydrogens (tertiary/aromatic N) is 1. The van der Waals surface area contributed by atoms with Gasteiger partial charge in [0.25, 0.3) is 0 Å². The summed E-state index contributed by atoms with van der Waals surface area (Å²) in [5.74, 6) is 0.0203. The highest BCUT2D eigenvalue weighted by molar-refractivity contribution is 5.91. The largest absolute Gasteiger partial charge is 0.465 e. The lowest BCUT2D eigenvalue weighted by atomic mass is 10.0. The SMILES string of the molecule is COC(=O)c1cc(CNCc2ccc(-c3ccc(N4CC(CNC(C)=O)OC4=O)cc3F)cc2)oc1C. The van der Waals surface area contributed by atoms with Crippen LogP contribution in [-0.4, -0.2) is 44.3 Å². The van der Waals surface area contributed by atoms with E-state index in [4.69, 9.17) is 13.9 Å². The Morgan fingerprint density at radius 3 is 2.57 bits per heavy atom. The topological polar surface area (TPSA) is 110 Å². The molecule has 1 saturated heterocycles. The van der Waals surface area contributed by atoms with Gasteiger partial charge in [-0.2, -0.15) is 0 Å². The molecule has 194 valence electrons. The number of carbonyl (C=O) groups excluding carboxylic acids is 3. The Morgan fingerprint density at radius 2 is 1.89 bits per heavy atom. The molecule has 0 radical (unpaired) electrons. The minimum atomic E-state index is -0.578. The summed E-state index contributed by atoms with van der Waals surface area (Å²) in [6.45, 7) is 4.50. The normalized spacial score (nSPS) is 15.0. The fourth-order valence-electron chi connectivity index (χ4n) is 4.08. The second kappa shape index (κ2) is 11.3. The highest BCUT2D eigenvalue weighted by atomic mass is 19.1. The monoisotopic (exact) mass is 509 g/mol. The van der Waals surface area contributed by atoms with Crippen molar-refractivity contribution in [1.82, 2.24) is 10.6 Å². The van der Waals surface area contributed by atoms with E-state index in [1.807, 2.05) is 24.3 Å². The molecule has 1 fully saturated rings. The fourth-order valence-corrected chi connectivity index (χ4v) is 4.08. The number of esters is 1. The number of ether oxygens (including phenoxy) is 2. The van der Waals surface area contributed by atoms with Crippen molar-refractivity contribution in [3.63, 3.8) is 0 Å². The Labute approximate surface area is 213 Å². The van der Waals surface area contributed by atoms with Crippen molar-refractivity contribution in [3.05, 3.63) is 77.0 Å². The number of carbonyl (C=O) groups is 3. The van der Waals surface area contributed by atoms with E-state index < -0.39 is 24.0 Å². The molecule has 1 aromatic heterocycles. The maximum absolute atomic E-state index is 15.0. The minimum absolute atomic E-state index is 0.203. The van der Waals surface area contributed by atoms with Crippen LogP contribution in [0.4, 0.5) is 14.9 Å². The van der Waals surface area contributed by atoms with Crippen LogP contribution in [0, 0.1) is 12.7 Å². The van der Waals surface area contributed by atoms with Crippen molar-refractivity contribution in [2.45, 2.75) is 33.0 Å². The maximum Gasteiger partial charge on any atom is 0.414 e. The summed E-state index contributed by atoms with van der Waals surface area (Å²) in [4.78, 5) is 36.4. The van der Waals surface area contributed by atoms with Gasteiger partial charge >= 0.3 is 12.1 Å². The van der Waals surface area contributed by atoms with Gasteiger partial charge in [-0.05, 0) is 42.3 Å². The number of rotatable bonds is 9. The summed E-state index contributed by atoms with van der Waals surface area (Å²) in [6.07, 6.45) is -1.07. The number of benzene rings is 2. The van der Waals surface area contributed by atoms with Gasteiger partial charge in [-0.1, -0.05) is 24.3 Å². The summed E-state index contributed by atoms with van der Waals surface area (Å²) in [6, 6.07) is 13.7. The number of nitrogens with one attached hydrogen (secondary N) is 2. The third-order valence-electron chi connectivity index (χ3n) is 5.98. The number of furan rings is 1. The summed E-state index contributed by atoms with van der Waals surface area (Å²) in [5.41, 5.74) is 2.89. The Bertz CT molecular complexity index is 1300. The average molecular weight is 510 g/mol. The third kappa shape index (κ3) is 6.15. The molecule has 1 atom stereocenters. The van der Waals surface area contributed by atoms with Gasteiger partial charge in [0.1, 0.15) is 29.0 Å². The Hall–Kier alpha value is -4.18. The van der Waals surface area contributed by atoms with Crippen LogP contribution in [0.5, 0.6) is 0 Å². The lowest BCUT2D eigenvalue weighted by molar-refractivity contribution is -0.119. The van der Waals surface area contributed by atoms with Crippen molar-refractivity contribution in [2.75, 3.05) is 25.1 Å². The van der Waals surface area contributed by atoms with E-state index >= 15 is 0 Å². The molecule has 9 nitrogen and oxygen atoms in total. The van der Waals surface area contributed by atoms with E-state index in [0.717, 1.165) is 5.56 Å². The first kappa shape index (κ1) is 25.9. The highest BCUT2D eigenvalue weighted by Crippen LogP contribution is 2.29. The molecule has 0 saturated carbocycles. The van der Waals surface area contributed by atoms with Crippen LogP contribution in [-0.2, 0) is 27.4 Å². The zero-order valence-corrected chi connectivity index (χ0v) is 20.8. The Morgan fingerprint density at radius 1 is 1.14 bits per heavy atom. The van der Waals surface area contributed by atoms with Gasteiger partial charge in [0.05, 0.1) is 32.4 Å². The number of hydrogen-bond acceptors (Lipinski definition) is 7. The average Bonchev–Trinajstić information content (AvgIpc) is 3.44. The quantitative estimate of drug-likeness (QED) is 0.421. The number of hydrogen-bond donors (Lipinski definition) is 2. The summed E-state index contributed by atoms with van der Waals surface area (Å²) >= 11 is 0. The number of cyclic esters (lactones) is 1. The van der Waals surface area contributed by atoms with Crippen LogP contribution in [0.3, 0.4) is 0 Å². The molecular weight excluding hydrogens is 481 g/mol. The van der Waals surface area contributed by atoms with Gasteiger partial charge in [0.2, 0.25) is 5.91 Å². The van der Waals surface area contributed by atoms with Gasteiger partial charge in [0, 0.05) is 19.0 Å². The zero-order chi connectivity index (χ0) is 26.5. The predicted octanol–water partition coefficient (Wildman–Crippen LogP) is 3.93. The first-order valence-corrected chi connectivity index (χ1v) is 11.7. The molecule has 37 heavy (non-hydrogen) atoms. The molecule has 2 heterocycles. The molecule has 10 heteroatoms. The molecule has 3 aromatic rings. The first-order valence-electron chi connectivity index (χ1n) is 11.7. The molecule has 2 aromatic carbocycles. The Kier molecular flexibility index (Phi) is 7.88. The van der Waals surface area contributed by atoms with E-state index in [1.54, 1.807) is 25.1 Å². The van der Waals surface area contributed by atoms with Gasteiger partial charge in [-0.25, -0.2) is 14.0 Å².